The van der Waals surface area contributed by atoms with E-state index >= 15 is 0 Å². The zero-order valence-electron chi connectivity index (χ0n) is 12.7. The number of carbonyl (C=O) groups is 1. The Morgan fingerprint density at radius 2 is 1.86 bits per heavy atom. The van der Waals surface area contributed by atoms with Crippen molar-refractivity contribution in [2.24, 2.45) is 0 Å². The Hall–Kier alpha value is -2.28. The van der Waals surface area contributed by atoms with Gasteiger partial charge in [0, 0.05) is 11.8 Å². The van der Waals surface area contributed by atoms with Crippen LogP contribution < -0.4 is 20.1 Å². The number of carbonyl (C=O) groups excluding carboxylic acids is 1. The summed E-state index contributed by atoms with van der Waals surface area (Å²) in [5, 5.41) is 6.31. The van der Waals surface area contributed by atoms with E-state index in [-0.39, 0.29) is 12.6 Å². The highest BCUT2D eigenvalue weighted by atomic mass is 32.1. The summed E-state index contributed by atoms with van der Waals surface area (Å²) in [6.07, 6.45) is 0. The number of benzene rings is 1. The molecular formula is C15H18N2O4S. The van der Waals surface area contributed by atoms with E-state index in [4.69, 9.17) is 26.4 Å². The molecule has 6 nitrogen and oxygen atoms in total. The summed E-state index contributed by atoms with van der Waals surface area (Å²) in [5.74, 6) is 0.904. The molecule has 0 atom stereocenters. The van der Waals surface area contributed by atoms with Gasteiger partial charge < -0.3 is 24.8 Å². The first-order chi connectivity index (χ1) is 10.5. The summed E-state index contributed by atoms with van der Waals surface area (Å²) in [4.78, 5) is 12.1. The smallest absolute Gasteiger partial charge is 0.337 e. The predicted octanol–water partition coefficient (Wildman–Crippen LogP) is 1.50. The number of hydrogen-bond acceptors (Lipinski definition) is 5. The molecule has 0 aliphatic carbocycles. The predicted molar refractivity (Wildman–Crippen MR) is 85.8 cm³/mol. The largest absolute Gasteiger partial charge is 0.497 e. The van der Waals surface area contributed by atoms with Gasteiger partial charge >= 0.3 is 5.97 Å². The van der Waals surface area contributed by atoms with Gasteiger partial charge in [-0.2, -0.15) is 0 Å². The molecule has 1 heterocycles. The number of methoxy groups -OCH3 is 2. The molecule has 2 N–H and O–H groups in total. The van der Waals surface area contributed by atoms with Gasteiger partial charge in [0.1, 0.15) is 18.1 Å². The lowest BCUT2D eigenvalue weighted by Crippen LogP contribution is -2.42. The topological polar surface area (TPSA) is 68.8 Å². The van der Waals surface area contributed by atoms with Crippen molar-refractivity contribution in [3.8, 4) is 11.5 Å². The third-order valence-corrected chi connectivity index (χ3v) is 3.45. The number of allylic oxidation sites excluding steroid dienone is 1. The van der Waals surface area contributed by atoms with E-state index < -0.39 is 0 Å². The second-order valence-corrected chi connectivity index (χ2v) is 5.12. The molecular weight excluding hydrogens is 304 g/mol. The van der Waals surface area contributed by atoms with Crippen molar-refractivity contribution >= 4 is 23.3 Å². The van der Waals surface area contributed by atoms with Crippen molar-refractivity contribution in [3.63, 3.8) is 0 Å². The lowest BCUT2D eigenvalue weighted by Gasteiger charge is -2.21. The Labute approximate surface area is 134 Å². The van der Waals surface area contributed by atoms with E-state index in [1.807, 2.05) is 0 Å². The molecule has 0 spiro atoms. The number of esters is 1. The summed E-state index contributed by atoms with van der Waals surface area (Å²) >= 11 is 4.98. The zero-order valence-corrected chi connectivity index (χ0v) is 13.5. The molecule has 0 saturated carbocycles. The first-order valence-electron chi connectivity index (χ1n) is 6.67. The molecule has 1 aromatic carbocycles. The molecule has 0 aromatic heterocycles. The maximum atomic E-state index is 12.1. The molecule has 7 heteroatoms. The van der Waals surface area contributed by atoms with Gasteiger partial charge in [-0.3, -0.25) is 0 Å². The third kappa shape index (κ3) is 3.88. The van der Waals surface area contributed by atoms with Gasteiger partial charge in [-0.25, -0.2) is 4.79 Å². The van der Waals surface area contributed by atoms with Gasteiger partial charge in [0.15, 0.2) is 5.11 Å². The molecule has 1 aliphatic rings. The minimum absolute atomic E-state index is 0.133. The van der Waals surface area contributed by atoms with Crippen LogP contribution in [0.3, 0.4) is 0 Å². The number of thiocarbonyl (C=S) groups is 1. The Balaban J connectivity index is 2.05. The van der Waals surface area contributed by atoms with E-state index in [9.17, 15) is 4.79 Å². The van der Waals surface area contributed by atoms with Crippen molar-refractivity contribution in [2.75, 3.05) is 20.8 Å². The van der Waals surface area contributed by atoms with Crippen molar-refractivity contribution in [2.45, 2.75) is 13.5 Å². The first kappa shape index (κ1) is 16.1. The molecule has 0 unspecified atom stereocenters. The minimum atomic E-state index is -0.387. The van der Waals surface area contributed by atoms with Crippen LogP contribution in [0.4, 0.5) is 0 Å². The summed E-state index contributed by atoms with van der Waals surface area (Å²) in [5.41, 5.74) is 2.02. The van der Waals surface area contributed by atoms with Crippen LogP contribution in [0.5, 0.6) is 11.5 Å². The third-order valence-electron chi connectivity index (χ3n) is 3.21. The molecule has 2 rings (SSSR count). The lowest BCUT2D eigenvalue weighted by molar-refractivity contribution is -0.140. The summed E-state index contributed by atoms with van der Waals surface area (Å²) in [6.45, 7) is 2.28. The SMILES string of the molecule is COc1cc(COC(=O)C2=C(C)NC(=S)NC2)cc(OC)c1. The first-order valence-corrected chi connectivity index (χ1v) is 7.08. The molecule has 0 fully saturated rings. The number of hydrogen-bond donors (Lipinski definition) is 2. The summed E-state index contributed by atoms with van der Waals surface area (Å²) in [6, 6.07) is 5.35. The van der Waals surface area contributed by atoms with Gasteiger partial charge in [-0.1, -0.05) is 0 Å². The number of ether oxygens (including phenoxy) is 3. The highest BCUT2D eigenvalue weighted by Gasteiger charge is 2.19. The highest BCUT2D eigenvalue weighted by Crippen LogP contribution is 2.23. The zero-order chi connectivity index (χ0) is 16.1. The van der Waals surface area contributed by atoms with E-state index in [2.05, 4.69) is 10.6 Å². The van der Waals surface area contributed by atoms with Crippen LogP contribution in [-0.4, -0.2) is 31.8 Å². The van der Waals surface area contributed by atoms with E-state index in [0.717, 1.165) is 5.56 Å². The minimum Gasteiger partial charge on any atom is -0.497 e. The second kappa shape index (κ2) is 7.13. The van der Waals surface area contributed by atoms with Crippen molar-refractivity contribution in [3.05, 3.63) is 35.0 Å². The molecule has 22 heavy (non-hydrogen) atoms. The van der Waals surface area contributed by atoms with Crippen LogP contribution >= 0.6 is 12.2 Å². The second-order valence-electron chi connectivity index (χ2n) is 4.71. The summed E-state index contributed by atoms with van der Waals surface area (Å²) in [7, 11) is 3.14. The fourth-order valence-corrected chi connectivity index (χ4v) is 2.23. The molecule has 1 aromatic rings. The number of nitrogens with one attached hydrogen (secondary N) is 2. The van der Waals surface area contributed by atoms with Crippen LogP contribution in [-0.2, 0) is 16.1 Å². The quantitative estimate of drug-likeness (QED) is 0.629. The molecule has 0 bridgehead atoms. The van der Waals surface area contributed by atoms with Gasteiger partial charge in [0.25, 0.3) is 0 Å². The Bertz CT molecular complexity index is 606. The molecule has 118 valence electrons. The van der Waals surface area contributed by atoms with E-state index in [1.165, 1.54) is 0 Å². The fraction of sp³-hybridized carbons (Fsp3) is 0.333. The van der Waals surface area contributed by atoms with Gasteiger partial charge in [0.05, 0.1) is 26.3 Å². The Morgan fingerprint density at radius 3 is 2.41 bits per heavy atom. The Morgan fingerprint density at radius 1 is 1.23 bits per heavy atom. The molecule has 1 aliphatic heterocycles. The maximum absolute atomic E-state index is 12.1. The molecule has 0 saturated heterocycles. The van der Waals surface area contributed by atoms with E-state index in [0.29, 0.717) is 34.4 Å². The van der Waals surface area contributed by atoms with Gasteiger partial charge in [-0.15, -0.1) is 0 Å². The van der Waals surface area contributed by atoms with Crippen LogP contribution in [0.25, 0.3) is 0 Å². The van der Waals surface area contributed by atoms with Crippen LogP contribution in [0.15, 0.2) is 29.5 Å². The fourth-order valence-electron chi connectivity index (χ4n) is 2.00. The van der Waals surface area contributed by atoms with Crippen LogP contribution in [0, 0.1) is 0 Å². The monoisotopic (exact) mass is 322 g/mol. The normalized spacial score (nSPS) is 14.0. The van der Waals surface area contributed by atoms with Gasteiger partial charge in [-0.05, 0) is 36.8 Å². The van der Waals surface area contributed by atoms with E-state index in [1.54, 1.807) is 39.3 Å². The summed E-state index contributed by atoms with van der Waals surface area (Å²) < 4.78 is 15.7. The average Bonchev–Trinajstić information content (AvgIpc) is 2.52. The standard InChI is InChI=1S/C15H18N2O4S/c1-9-13(7-16-15(22)17-9)14(18)21-8-10-4-11(19-2)6-12(5-10)20-3/h4-6H,7-8H2,1-3H3,(H2,16,17,22). The van der Waals surface area contributed by atoms with Crippen molar-refractivity contribution in [1.29, 1.82) is 0 Å². The average molecular weight is 322 g/mol. The lowest BCUT2D eigenvalue weighted by atomic mass is 10.2. The van der Waals surface area contributed by atoms with Crippen LogP contribution in [0.1, 0.15) is 12.5 Å². The maximum Gasteiger partial charge on any atom is 0.337 e. The highest BCUT2D eigenvalue weighted by molar-refractivity contribution is 7.80. The van der Waals surface area contributed by atoms with Crippen LogP contribution in [0.2, 0.25) is 0 Å². The molecule has 0 amide bonds. The van der Waals surface area contributed by atoms with Crippen molar-refractivity contribution < 1.29 is 19.0 Å². The Kier molecular flexibility index (Phi) is 5.21. The van der Waals surface area contributed by atoms with Gasteiger partial charge in [0.2, 0.25) is 0 Å². The van der Waals surface area contributed by atoms with Crippen molar-refractivity contribution in [1.82, 2.24) is 10.6 Å². The molecule has 0 radical (unpaired) electrons. The number of rotatable bonds is 5.